The van der Waals surface area contributed by atoms with Crippen molar-refractivity contribution in [3.63, 3.8) is 0 Å². The van der Waals surface area contributed by atoms with Gasteiger partial charge in [0.05, 0.1) is 24.9 Å². The molecule has 0 bridgehead atoms. The van der Waals surface area contributed by atoms with Crippen molar-refractivity contribution in [1.29, 1.82) is 0 Å². The first-order valence-electron chi connectivity index (χ1n) is 15.8. The second-order valence-corrected chi connectivity index (χ2v) is 12.2. The molecular formula is C32H53NO9. The molecule has 2 fully saturated rings. The van der Waals surface area contributed by atoms with E-state index < -0.39 is 55.1 Å². The molecule has 10 atom stereocenters. The zero-order chi connectivity index (χ0) is 30.7. The predicted octanol–water partition coefficient (Wildman–Crippen LogP) is 1.81. The number of unbranched alkanes of at least 4 members (excludes halogenated alkanes) is 3. The maximum absolute atomic E-state index is 11.7. The lowest BCUT2D eigenvalue weighted by molar-refractivity contribution is -0.369. The van der Waals surface area contributed by atoms with Gasteiger partial charge in [-0.15, -0.1) is 0 Å². The number of nitrogens with one attached hydrogen (secondary N) is 1. The maximum Gasteiger partial charge on any atom is 0.219 e. The Morgan fingerprint density at radius 2 is 1.74 bits per heavy atom. The molecule has 42 heavy (non-hydrogen) atoms. The topological polar surface area (TPSA) is 169 Å². The first kappa shape index (κ1) is 34.9. The molecule has 1 saturated carbocycles. The molecular weight excluding hydrogens is 542 g/mol. The van der Waals surface area contributed by atoms with Crippen LogP contribution in [-0.2, 0) is 20.7 Å². The molecule has 1 saturated heterocycles. The van der Waals surface area contributed by atoms with Crippen molar-refractivity contribution in [2.45, 2.75) is 133 Å². The van der Waals surface area contributed by atoms with Crippen LogP contribution in [-0.4, -0.2) is 98.2 Å². The van der Waals surface area contributed by atoms with Crippen molar-refractivity contribution in [3.05, 3.63) is 35.9 Å². The molecule has 0 radical (unpaired) electrons. The van der Waals surface area contributed by atoms with E-state index in [-0.39, 0.29) is 17.7 Å². The summed E-state index contributed by atoms with van der Waals surface area (Å²) in [6, 6.07) is 10.0. The number of aryl methyl sites for hydroxylation is 1. The highest BCUT2D eigenvalue weighted by Crippen LogP contribution is 2.44. The van der Waals surface area contributed by atoms with E-state index >= 15 is 0 Å². The second-order valence-electron chi connectivity index (χ2n) is 12.2. The summed E-state index contributed by atoms with van der Waals surface area (Å²) in [4.78, 5) is 11.7. The summed E-state index contributed by atoms with van der Waals surface area (Å²) >= 11 is 0. The van der Waals surface area contributed by atoms with E-state index in [0.717, 1.165) is 38.5 Å². The van der Waals surface area contributed by atoms with Crippen LogP contribution < -0.4 is 5.32 Å². The molecule has 1 heterocycles. The molecule has 7 N–H and O–H groups in total. The summed E-state index contributed by atoms with van der Waals surface area (Å²) in [5.41, 5.74) is 1.17. The van der Waals surface area contributed by atoms with Gasteiger partial charge < -0.3 is 45.4 Å². The van der Waals surface area contributed by atoms with Crippen LogP contribution in [0.4, 0.5) is 0 Å². The quantitative estimate of drug-likeness (QED) is 0.133. The third-order valence-electron chi connectivity index (χ3n) is 9.05. The number of aliphatic hydroxyl groups is 6. The Kier molecular flexibility index (Phi) is 14.1. The van der Waals surface area contributed by atoms with Gasteiger partial charge in [-0.25, -0.2) is 0 Å². The third kappa shape index (κ3) is 9.69. The Balaban J connectivity index is 1.62. The molecule has 0 spiro atoms. The third-order valence-corrected chi connectivity index (χ3v) is 9.05. The minimum Gasteiger partial charge on any atom is -0.394 e. The molecule has 2 aliphatic rings. The average Bonchev–Trinajstić information content (AvgIpc) is 3.26. The molecule has 0 aromatic heterocycles. The molecule has 3 rings (SSSR count). The Bertz CT molecular complexity index is 919. The highest BCUT2D eigenvalue weighted by Gasteiger charge is 2.54. The predicted molar refractivity (Wildman–Crippen MR) is 157 cm³/mol. The van der Waals surface area contributed by atoms with Gasteiger partial charge in [0.25, 0.3) is 0 Å². The number of carbonyl (C=O) groups is 1. The minimum atomic E-state index is -1.69. The largest absolute Gasteiger partial charge is 0.394 e. The lowest BCUT2D eigenvalue weighted by atomic mass is 9.84. The van der Waals surface area contributed by atoms with Gasteiger partial charge in [0.1, 0.15) is 24.4 Å². The van der Waals surface area contributed by atoms with E-state index in [1.165, 1.54) is 12.5 Å². The zero-order valence-corrected chi connectivity index (χ0v) is 25.2. The maximum atomic E-state index is 11.7. The smallest absolute Gasteiger partial charge is 0.219 e. The number of carbonyl (C=O) groups excluding carboxylic acids is 1. The highest BCUT2D eigenvalue weighted by molar-refractivity contribution is 5.75. The van der Waals surface area contributed by atoms with Crippen molar-refractivity contribution in [1.82, 2.24) is 5.32 Å². The Morgan fingerprint density at radius 1 is 1.02 bits per heavy atom. The summed E-state index contributed by atoms with van der Waals surface area (Å²) in [7, 11) is 0. The standard InChI is InChI=1S/C32H53NO9/c1-3-33-28(37)14-10-5-4-9-13-24-23(18-17-22(35)16-15-21-11-7-6-8-12-21)25(36)19-26(24)41-32(2)31(40)30(39)29(38)27(20-34)42-32/h6-8,11-12,22-27,29-31,34-36,38-40H,3-5,9-10,13-20H2,1-2H3,(H,33,37)/t22?,23?,24?,25?,26?,27-,29-,30+,31-,32+/m0/s1. The van der Waals surface area contributed by atoms with E-state index in [1.54, 1.807) is 0 Å². The van der Waals surface area contributed by atoms with Crippen LogP contribution in [0.15, 0.2) is 30.3 Å². The fraction of sp³-hybridized carbons (Fsp3) is 0.781. The van der Waals surface area contributed by atoms with Crippen LogP contribution in [0.1, 0.15) is 83.6 Å². The molecule has 1 aromatic carbocycles. The summed E-state index contributed by atoms with van der Waals surface area (Å²) < 4.78 is 12.1. The van der Waals surface area contributed by atoms with Crippen molar-refractivity contribution < 1.29 is 44.9 Å². The van der Waals surface area contributed by atoms with Crippen molar-refractivity contribution in [2.75, 3.05) is 13.2 Å². The zero-order valence-electron chi connectivity index (χ0n) is 25.2. The SMILES string of the molecule is CCNC(=O)CCCCCCC1C(O[C@]2(C)O[C@@H](CO)[C@H](O)[C@@H](O)[C@@H]2O)CC(O)C1CCC(O)CCc1ccccc1. The van der Waals surface area contributed by atoms with Crippen LogP contribution in [0.5, 0.6) is 0 Å². The monoisotopic (exact) mass is 595 g/mol. The first-order valence-corrected chi connectivity index (χ1v) is 15.8. The van der Waals surface area contributed by atoms with Crippen molar-refractivity contribution in [2.24, 2.45) is 11.8 Å². The highest BCUT2D eigenvalue weighted by atomic mass is 16.7. The van der Waals surface area contributed by atoms with Gasteiger partial charge in [0.15, 0.2) is 5.79 Å². The van der Waals surface area contributed by atoms with Gasteiger partial charge in [-0.1, -0.05) is 49.6 Å². The summed E-state index contributed by atoms with van der Waals surface area (Å²) in [5.74, 6) is -1.85. The van der Waals surface area contributed by atoms with E-state index in [0.29, 0.717) is 38.6 Å². The summed E-state index contributed by atoms with van der Waals surface area (Å²) in [6.07, 6.45) is 0.205. The van der Waals surface area contributed by atoms with Gasteiger partial charge >= 0.3 is 0 Å². The number of ether oxygens (including phenoxy) is 2. The molecule has 5 unspecified atom stereocenters. The van der Waals surface area contributed by atoms with E-state index in [1.807, 2.05) is 37.3 Å². The van der Waals surface area contributed by atoms with E-state index in [9.17, 15) is 35.4 Å². The number of rotatable bonds is 17. The number of amides is 1. The summed E-state index contributed by atoms with van der Waals surface area (Å²) in [6.45, 7) is 3.45. The average molecular weight is 596 g/mol. The van der Waals surface area contributed by atoms with Crippen molar-refractivity contribution in [3.8, 4) is 0 Å². The molecule has 1 amide bonds. The minimum absolute atomic E-state index is 0.0588. The van der Waals surface area contributed by atoms with Crippen LogP contribution in [0.3, 0.4) is 0 Å². The van der Waals surface area contributed by atoms with Crippen LogP contribution >= 0.6 is 0 Å². The first-order chi connectivity index (χ1) is 20.1. The summed E-state index contributed by atoms with van der Waals surface area (Å²) in [5, 5.41) is 65.7. The Morgan fingerprint density at radius 3 is 2.43 bits per heavy atom. The van der Waals surface area contributed by atoms with E-state index in [2.05, 4.69) is 5.32 Å². The van der Waals surface area contributed by atoms with Crippen LogP contribution in [0, 0.1) is 11.8 Å². The molecule has 10 nitrogen and oxygen atoms in total. The van der Waals surface area contributed by atoms with Gasteiger partial charge in [0.2, 0.25) is 5.91 Å². The van der Waals surface area contributed by atoms with Crippen LogP contribution in [0.2, 0.25) is 0 Å². The van der Waals surface area contributed by atoms with Gasteiger partial charge in [0, 0.05) is 19.4 Å². The fourth-order valence-corrected chi connectivity index (χ4v) is 6.60. The van der Waals surface area contributed by atoms with Crippen molar-refractivity contribution >= 4 is 5.91 Å². The number of hydrogen-bond donors (Lipinski definition) is 7. The number of benzene rings is 1. The molecule has 1 aliphatic heterocycles. The second kappa shape index (κ2) is 17.0. The molecule has 1 aromatic rings. The molecule has 240 valence electrons. The molecule has 10 heteroatoms. The normalized spacial score (nSPS) is 33.9. The lowest BCUT2D eigenvalue weighted by Gasteiger charge is -2.48. The lowest BCUT2D eigenvalue weighted by Crippen LogP contribution is -2.65. The number of hydrogen-bond acceptors (Lipinski definition) is 9. The van der Waals surface area contributed by atoms with Gasteiger partial charge in [-0.05, 0) is 69.8 Å². The number of aliphatic hydroxyl groups excluding tert-OH is 6. The van der Waals surface area contributed by atoms with Gasteiger partial charge in [-0.2, -0.15) is 0 Å². The van der Waals surface area contributed by atoms with Crippen LogP contribution in [0.25, 0.3) is 0 Å². The van der Waals surface area contributed by atoms with Gasteiger partial charge in [-0.3, -0.25) is 4.79 Å². The Hall–Kier alpha value is -1.63. The fourth-order valence-electron chi connectivity index (χ4n) is 6.60. The Labute approximate surface area is 250 Å². The molecule has 1 aliphatic carbocycles. The van der Waals surface area contributed by atoms with E-state index in [4.69, 9.17) is 9.47 Å².